The Labute approximate surface area is 125 Å². The number of hydrogen-bond donors (Lipinski definition) is 0. The molecule has 0 radical (unpaired) electrons. The molecular weight excluding hydrogens is 400 g/mol. The third-order valence-electron chi connectivity index (χ3n) is 2.28. The van der Waals surface area contributed by atoms with Crippen LogP contribution in [-0.2, 0) is 0 Å². The molecule has 0 aliphatic carbocycles. The zero-order valence-corrected chi connectivity index (χ0v) is 13.4. The number of benzene rings is 2. The lowest BCUT2D eigenvalue weighted by atomic mass is 10.2. The Bertz CT molecular complexity index is 524. The quantitative estimate of drug-likeness (QED) is 0.489. The number of rotatable bonds is 0. The summed E-state index contributed by atoms with van der Waals surface area (Å²) in [6, 6.07) is 16.2. The van der Waals surface area contributed by atoms with E-state index in [1.807, 2.05) is 36.4 Å². The fourth-order valence-electron chi connectivity index (χ4n) is 1.67. The van der Waals surface area contributed by atoms with Crippen molar-refractivity contribution in [2.45, 2.75) is 0 Å². The van der Waals surface area contributed by atoms with E-state index >= 15 is 0 Å². The second-order valence-corrected chi connectivity index (χ2v) is 3.09. The van der Waals surface area contributed by atoms with E-state index in [1.54, 1.807) is 0 Å². The van der Waals surface area contributed by atoms with Crippen LogP contribution in [0.2, 0.25) is 0 Å². The smallest absolute Gasteiger partial charge is 0.135 e. The third kappa shape index (κ3) is 2.50. The number of hydrogen-bond acceptors (Lipinski definition) is 1. The Morgan fingerprint density at radius 3 is 1.38 bits per heavy atom. The van der Waals surface area contributed by atoms with Gasteiger partial charge in [0.15, 0.2) is 0 Å². The molecule has 4 heteroatoms. The van der Waals surface area contributed by atoms with Gasteiger partial charge in [-0.25, -0.2) is 0 Å². The molecule has 0 spiro atoms. The number of fused-ring (bicyclic) bond motifs is 3. The van der Waals surface area contributed by atoms with Crippen molar-refractivity contribution >= 4 is 72.9 Å². The highest BCUT2D eigenvalue weighted by molar-refractivity contribution is 8.93. The first-order chi connectivity index (χ1) is 6.45. The Morgan fingerprint density at radius 1 is 0.562 bits per heavy atom. The molecule has 0 aliphatic heterocycles. The topological polar surface area (TPSA) is 13.1 Å². The van der Waals surface area contributed by atoms with Gasteiger partial charge in [-0.1, -0.05) is 36.4 Å². The lowest BCUT2D eigenvalue weighted by Gasteiger charge is -1.85. The van der Waals surface area contributed by atoms with E-state index in [-0.39, 0.29) is 50.9 Å². The predicted molar refractivity (Wildman–Crippen MR) is 84.7 cm³/mol. The van der Waals surface area contributed by atoms with E-state index in [1.165, 1.54) is 10.8 Å². The van der Waals surface area contributed by atoms with E-state index in [0.29, 0.717) is 0 Å². The molecule has 0 amide bonds. The summed E-state index contributed by atoms with van der Waals surface area (Å²) in [7, 11) is 0. The van der Waals surface area contributed by atoms with Gasteiger partial charge in [-0.3, -0.25) is 0 Å². The maximum atomic E-state index is 5.65. The Morgan fingerprint density at radius 2 is 0.938 bits per heavy atom. The van der Waals surface area contributed by atoms with Crippen molar-refractivity contribution in [3.63, 3.8) is 0 Å². The molecule has 1 nitrogen and oxygen atoms in total. The van der Waals surface area contributed by atoms with Crippen molar-refractivity contribution < 1.29 is 4.42 Å². The highest BCUT2D eigenvalue weighted by atomic mass is 79.9. The SMILES string of the molecule is Br.Br.Br.c1ccc2c(c1)oc1ccccc12. The van der Waals surface area contributed by atoms with E-state index < -0.39 is 0 Å². The standard InChI is InChI=1S/C12H8O.3BrH/c1-3-7-11-9(5-1)10-6-2-4-8-12(10)13-11;;;/h1-8H;3*1H. The van der Waals surface area contributed by atoms with E-state index in [0.717, 1.165) is 11.2 Å². The molecule has 0 fully saturated rings. The average Bonchev–Trinajstić information content (AvgIpc) is 2.56. The van der Waals surface area contributed by atoms with Crippen LogP contribution in [0.5, 0.6) is 0 Å². The molecule has 0 atom stereocenters. The molecule has 0 aliphatic rings. The molecular formula is C12H11Br3O. The second-order valence-electron chi connectivity index (χ2n) is 3.09. The summed E-state index contributed by atoms with van der Waals surface area (Å²) < 4.78 is 5.65. The summed E-state index contributed by atoms with van der Waals surface area (Å²) in [4.78, 5) is 0. The minimum atomic E-state index is 0. The molecule has 86 valence electrons. The van der Waals surface area contributed by atoms with Gasteiger partial charge in [0.2, 0.25) is 0 Å². The van der Waals surface area contributed by atoms with Crippen LogP contribution in [0.3, 0.4) is 0 Å². The summed E-state index contributed by atoms with van der Waals surface area (Å²) in [6.45, 7) is 0. The first-order valence-electron chi connectivity index (χ1n) is 4.31. The highest BCUT2D eigenvalue weighted by Crippen LogP contribution is 2.27. The van der Waals surface area contributed by atoms with Crippen molar-refractivity contribution in [1.29, 1.82) is 0 Å². The predicted octanol–water partition coefficient (Wildman–Crippen LogP) is 5.32. The minimum Gasteiger partial charge on any atom is -0.456 e. The normalized spacial score (nSPS) is 9.00. The fraction of sp³-hybridized carbons (Fsp3) is 0. The lowest BCUT2D eigenvalue weighted by Crippen LogP contribution is -1.62. The summed E-state index contributed by atoms with van der Waals surface area (Å²) in [5.74, 6) is 0. The molecule has 0 saturated carbocycles. The minimum absolute atomic E-state index is 0. The second kappa shape index (κ2) is 6.42. The molecule has 16 heavy (non-hydrogen) atoms. The molecule has 1 aromatic heterocycles. The van der Waals surface area contributed by atoms with E-state index in [9.17, 15) is 0 Å². The van der Waals surface area contributed by atoms with Gasteiger partial charge in [0.05, 0.1) is 0 Å². The molecule has 3 aromatic rings. The summed E-state index contributed by atoms with van der Waals surface area (Å²) >= 11 is 0. The summed E-state index contributed by atoms with van der Waals surface area (Å²) in [5.41, 5.74) is 1.92. The van der Waals surface area contributed by atoms with Gasteiger partial charge in [-0.2, -0.15) is 0 Å². The lowest BCUT2D eigenvalue weighted by molar-refractivity contribution is 0.669. The van der Waals surface area contributed by atoms with Crippen LogP contribution in [0.4, 0.5) is 0 Å². The molecule has 2 aromatic carbocycles. The van der Waals surface area contributed by atoms with Crippen molar-refractivity contribution in [1.82, 2.24) is 0 Å². The van der Waals surface area contributed by atoms with Crippen molar-refractivity contribution in [3.8, 4) is 0 Å². The molecule has 1 heterocycles. The van der Waals surface area contributed by atoms with Crippen LogP contribution in [-0.4, -0.2) is 0 Å². The monoisotopic (exact) mass is 408 g/mol. The maximum absolute atomic E-state index is 5.65. The largest absolute Gasteiger partial charge is 0.456 e. The first-order valence-corrected chi connectivity index (χ1v) is 4.31. The molecule has 0 unspecified atom stereocenters. The van der Waals surface area contributed by atoms with Crippen molar-refractivity contribution in [3.05, 3.63) is 48.5 Å². The van der Waals surface area contributed by atoms with Gasteiger partial charge in [0.25, 0.3) is 0 Å². The van der Waals surface area contributed by atoms with Crippen LogP contribution < -0.4 is 0 Å². The van der Waals surface area contributed by atoms with Crippen LogP contribution in [0.1, 0.15) is 0 Å². The van der Waals surface area contributed by atoms with Gasteiger partial charge in [0, 0.05) is 10.8 Å². The first kappa shape index (κ1) is 15.7. The van der Waals surface area contributed by atoms with Gasteiger partial charge < -0.3 is 4.42 Å². The maximum Gasteiger partial charge on any atom is 0.135 e. The molecule has 0 bridgehead atoms. The van der Waals surface area contributed by atoms with Crippen LogP contribution in [0.25, 0.3) is 21.9 Å². The summed E-state index contributed by atoms with van der Waals surface area (Å²) in [5, 5.41) is 2.39. The number of para-hydroxylation sites is 2. The zero-order valence-electron chi connectivity index (χ0n) is 8.25. The highest BCUT2D eigenvalue weighted by Gasteiger charge is 2.03. The van der Waals surface area contributed by atoms with Crippen LogP contribution in [0, 0.1) is 0 Å². The molecule has 0 saturated heterocycles. The van der Waals surface area contributed by atoms with Gasteiger partial charge in [-0.05, 0) is 12.1 Å². The third-order valence-corrected chi connectivity index (χ3v) is 2.28. The molecule has 0 N–H and O–H groups in total. The molecule has 3 rings (SSSR count). The van der Waals surface area contributed by atoms with Crippen molar-refractivity contribution in [2.75, 3.05) is 0 Å². The summed E-state index contributed by atoms with van der Waals surface area (Å²) in [6.07, 6.45) is 0. The zero-order chi connectivity index (χ0) is 8.67. The van der Waals surface area contributed by atoms with E-state index in [4.69, 9.17) is 4.42 Å². The van der Waals surface area contributed by atoms with E-state index in [2.05, 4.69) is 12.1 Å². The van der Waals surface area contributed by atoms with Crippen LogP contribution >= 0.6 is 50.9 Å². The van der Waals surface area contributed by atoms with Gasteiger partial charge in [0.1, 0.15) is 11.2 Å². The average molecular weight is 411 g/mol. The fourth-order valence-corrected chi connectivity index (χ4v) is 1.67. The van der Waals surface area contributed by atoms with Gasteiger partial charge >= 0.3 is 0 Å². The van der Waals surface area contributed by atoms with Crippen LogP contribution in [0.15, 0.2) is 52.9 Å². The van der Waals surface area contributed by atoms with Crippen molar-refractivity contribution in [2.24, 2.45) is 0 Å². The van der Waals surface area contributed by atoms with Gasteiger partial charge in [-0.15, -0.1) is 50.9 Å². The number of halogens is 3. The number of furan rings is 1. The Kier molecular flexibility index (Phi) is 6.30. The Balaban J connectivity index is 0.000000750. The Hall–Kier alpha value is -0.320.